The van der Waals surface area contributed by atoms with Crippen LogP contribution in [0.4, 0.5) is 4.39 Å². The number of benzene rings is 1. The number of carboxylic acids is 1. The molecule has 0 saturated carbocycles. The minimum atomic E-state index is -1.09. The van der Waals surface area contributed by atoms with Gasteiger partial charge >= 0.3 is 5.97 Å². The number of furan rings is 1. The van der Waals surface area contributed by atoms with E-state index in [1.165, 1.54) is 18.2 Å². The van der Waals surface area contributed by atoms with E-state index in [0.29, 0.717) is 29.4 Å². The van der Waals surface area contributed by atoms with Gasteiger partial charge in [-0.05, 0) is 31.5 Å². The highest BCUT2D eigenvalue weighted by Crippen LogP contribution is 2.26. The summed E-state index contributed by atoms with van der Waals surface area (Å²) in [4.78, 5) is 23.2. The van der Waals surface area contributed by atoms with Crippen LogP contribution in [0.3, 0.4) is 0 Å². The molecule has 2 rings (SSSR count). The van der Waals surface area contributed by atoms with Crippen molar-refractivity contribution in [3.8, 4) is 0 Å². The lowest BCUT2D eigenvalue weighted by atomic mass is 10.1. The molecule has 2 aromatic rings. The third-order valence-corrected chi connectivity index (χ3v) is 3.29. The van der Waals surface area contributed by atoms with Crippen molar-refractivity contribution in [3.63, 3.8) is 0 Å². The molecule has 0 bridgehead atoms. The van der Waals surface area contributed by atoms with Gasteiger partial charge in [-0.25, -0.2) is 9.18 Å². The molecule has 21 heavy (non-hydrogen) atoms. The maximum Gasteiger partial charge on any atom is 0.326 e. The largest absolute Gasteiger partial charge is 0.480 e. The van der Waals surface area contributed by atoms with Gasteiger partial charge in [0.1, 0.15) is 17.4 Å². The van der Waals surface area contributed by atoms with Crippen LogP contribution in [-0.4, -0.2) is 23.0 Å². The number of halogens is 1. The first-order valence-electron chi connectivity index (χ1n) is 6.66. The third-order valence-electron chi connectivity index (χ3n) is 3.29. The Bertz CT molecular complexity index is 692. The summed E-state index contributed by atoms with van der Waals surface area (Å²) in [5, 5.41) is 12.0. The van der Waals surface area contributed by atoms with Gasteiger partial charge in [0.25, 0.3) is 5.91 Å². The van der Waals surface area contributed by atoms with Crippen molar-refractivity contribution in [3.05, 3.63) is 35.3 Å². The summed E-state index contributed by atoms with van der Waals surface area (Å²) in [5.74, 6) is -2.11. The molecule has 0 radical (unpaired) electrons. The van der Waals surface area contributed by atoms with Crippen LogP contribution in [0.2, 0.25) is 0 Å². The lowest BCUT2D eigenvalue weighted by molar-refractivity contribution is -0.139. The first-order valence-corrected chi connectivity index (χ1v) is 6.66. The molecular weight excluding hydrogens is 277 g/mol. The van der Waals surface area contributed by atoms with E-state index in [1.807, 2.05) is 6.92 Å². The van der Waals surface area contributed by atoms with Crippen LogP contribution in [0.1, 0.15) is 35.9 Å². The van der Waals surface area contributed by atoms with Crippen LogP contribution < -0.4 is 5.32 Å². The van der Waals surface area contributed by atoms with Crippen LogP contribution >= 0.6 is 0 Å². The molecule has 2 N–H and O–H groups in total. The van der Waals surface area contributed by atoms with Crippen LogP contribution in [0.15, 0.2) is 22.6 Å². The molecule has 1 heterocycles. The third kappa shape index (κ3) is 3.04. The van der Waals surface area contributed by atoms with Gasteiger partial charge in [0, 0.05) is 10.9 Å². The number of amides is 1. The predicted molar refractivity (Wildman–Crippen MR) is 74.7 cm³/mol. The SMILES string of the molecule is CCCC(NC(=O)c1oc2ccc(F)cc2c1C)C(=O)O. The number of carbonyl (C=O) groups excluding carboxylic acids is 1. The van der Waals surface area contributed by atoms with Crippen molar-refractivity contribution in [1.82, 2.24) is 5.32 Å². The van der Waals surface area contributed by atoms with E-state index >= 15 is 0 Å². The van der Waals surface area contributed by atoms with E-state index in [2.05, 4.69) is 5.32 Å². The molecule has 0 fully saturated rings. The zero-order chi connectivity index (χ0) is 15.6. The van der Waals surface area contributed by atoms with E-state index in [4.69, 9.17) is 9.52 Å². The Morgan fingerprint density at radius 1 is 1.43 bits per heavy atom. The van der Waals surface area contributed by atoms with E-state index < -0.39 is 23.7 Å². The van der Waals surface area contributed by atoms with Gasteiger partial charge in [-0.3, -0.25) is 4.79 Å². The number of fused-ring (bicyclic) bond motifs is 1. The fraction of sp³-hybridized carbons (Fsp3) is 0.333. The van der Waals surface area contributed by atoms with Crippen molar-refractivity contribution >= 4 is 22.8 Å². The van der Waals surface area contributed by atoms with E-state index in [-0.39, 0.29) is 5.76 Å². The number of rotatable bonds is 5. The molecule has 0 aliphatic rings. The van der Waals surface area contributed by atoms with E-state index in [1.54, 1.807) is 6.92 Å². The molecule has 1 unspecified atom stereocenters. The first-order chi connectivity index (χ1) is 9.93. The topological polar surface area (TPSA) is 79.5 Å². The fourth-order valence-corrected chi connectivity index (χ4v) is 2.18. The lowest BCUT2D eigenvalue weighted by Gasteiger charge is -2.12. The van der Waals surface area contributed by atoms with Gasteiger partial charge in [-0.15, -0.1) is 0 Å². The van der Waals surface area contributed by atoms with Gasteiger partial charge in [-0.1, -0.05) is 13.3 Å². The molecule has 1 aromatic heterocycles. The van der Waals surface area contributed by atoms with Crippen LogP contribution in [0.25, 0.3) is 11.0 Å². The minimum absolute atomic E-state index is 0.0120. The summed E-state index contributed by atoms with van der Waals surface area (Å²) >= 11 is 0. The normalized spacial score (nSPS) is 12.3. The molecule has 0 aliphatic carbocycles. The molecule has 6 heteroatoms. The van der Waals surface area contributed by atoms with Crippen molar-refractivity contribution in [1.29, 1.82) is 0 Å². The number of aryl methyl sites for hydroxylation is 1. The zero-order valence-corrected chi connectivity index (χ0v) is 11.8. The van der Waals surface area contributed by atoms with Gasteiger partial charge in [-0.2, -0.15) is 0 Å². The van der Waals surface area contributed by atoms with Crippen LogP contribution in [0, 0.1) is 12.7 Å². The Balaban J connectivity index is 2.31. The van der Waals surface area contributed by atoms with Gasteiger partial charge in [0.2, 0.25) is 0 Å². The second-order valence-corrected chi connectivity index (χ2v) is 4.85. The van der Waals surface area contributed by atoms with E-state index in [0.717, 1.165) is 0 Å². The number of carbonyl (C=O) groups is 2. The summed E-state index contributed by atoms with van der Waals surface area (Å²) in [6.45, 7) is 3.47. The van der Waals surface area contributed by atoms with Crippen molar-refractivity contribution in [2.75, 3.05) is 0 Å². The maximum absolute atomic E-state index is 13.2. The zero-order valence-electron chi connectivity index (χ0n) is 11.8. The summed E-state index contributed by atoms with van der Waals surface area (Å²) < 4.78 is 18.6. The number of hydrogen-bond acceptors (Lipinski definition) is 3. The molecule has 112 valence electrons. The molecule has 1 amide bonds. The molecule has 0 saturated heterocycles. The highest BCUT2D eigenvalue weighted by molar-refractivity contribution is 6.00. The molecule has 0 aliphatic heterocycles. The smallest absolute Gasteiger partial charge is 0.326 e. The highest BCUT2D eigenvalue weighted by atomic mass is 19.1. The summed E-state index contributed by atoms with van der Waals surface area (Å²) in [5.41, 5.74) is 0.879. The van der Waals surface area contributed by atoms with E-state index in [9.17, 15) is 14.0 Å². The fourth-order valence-electron chi connectivity index (χ4n) is 2.18. The van der Waals surface area contributed by atoms with Crippen molar-refractivity contribution in [2.24, 2.45) is 0 Å². The maximum atomic E-state index is 13.2. The number of nitrogens with one attached hydrogen (secondary N) is 1. The minimum Gasteiger partial charge on any atom is -0.480 e. The second kappa shape index (κ2) is 5.95. The van der Waals surface area contributed by atoms with Crippen molar-refractivity contribution < 1.29 is 23.5 Å². The summed E-state index contributed by atoms with van der Waals surface area (Å²) in [7, 11) is 0. The number of aliphatic carboxylic acids is 1. The number of carboxylic acid groups (broad SMARTS) is 1. The Kier molecular flexibility index (Phi) is 4.26. The Hall–Kier alpha value is -2.37. The number of hydrogen-bond donors (Lipinski definition) is 2. The van der Waals surface area contributed by atoms with Gasteiger partial charge in [0.15, 0.2) is 5.76 Å². The predicted octanol–water partition coefficient (Wildman–Crippen LogP) is 2.86. The van der Waals surface area contributed by atoms with Gasteiger partial charge < -0.3 is 14.8 Å². The quantitative estimate of drug-likeness (QED) is 0.888. The Labute approximate surface area is 120 Å². The van der Waals surface area contributed by atoms with Crippen molar-refractivity contribution in [2.45, 2.75) is 32.7 Å². The van der Waals surface area contributed by atoms with Crippen LogP contribution in [0.5, 0.6) is 0 Å². The average molecular weight is 293 g/mol. The Morgan fingerprint density at radius 3 is 2.76 bits per heavy atom. The molecule has 1 aromatic carbocycles. The highest BCUT2D eigenvalue weighted by Gasteiger charge is 2.24. The molecule has 5 nitrogen and oxygen atoms in total. The van der Waals surface area contributed by atoms with Crippen LogP contribution in [-0.2, 0) is 4.79 Å². The standard InChI is InChI=1S/C15H16FNO4/c1-3-4-11(15(19)20)17-14(18)13-8(2)10-7-9(16)5-6-12(10)21-13/h5-7,11H,3-4H2,1-2H3,(H,17,18)(H,19,20). The summed E-state index contributed by atoms with van der Waals surface area (Å²) in [6.07, 6.45) is 0.955. The first kappa shape index (κ1) is 15.0. The monoisotopic (exact) mass is 293 g/mol. The second-order valence-electron chi connectivity index (χ2n) is 4.85. The molecule has 1 atom stereocenters. The molecule has 0 spiro atoms. The summed E-state index contributed by atoms with van der Waals surface area (Å²) in [6, 6.07) is 3.00. The average Bonchev–Trinajstić information content (AvgIpc) is 2.75. The lowest BCUT2D eigenvalue weighted by Crippen LogP contribution is -2.40. The van der Waals surface area contributed by atoms with Gasteiger partial charge in [0.05, 0.1) is 0 Å². The molecular formula is C15H16FNO4. The Morgan fingerprint density at radius 2 is 2.14 bits per heavy atom.